The summed E-state index contributed by atoms with van der Waals surface area (Å²) in [4.78, 5) is 23.6. The van der Waals surface area contributed by atoms with Crippen LogP contribution in [0.1, 0.15) is 44.2 Å². The van der Waals surface area contributed by atoms with Crippen molar-refractivity contribution in [3.05, 3.63) is 35.4 Å². The smallest absolute Gasteiger partial charge is 0.316 e. The van der Waals surface area contributed by atoms with E-state index in [-0.39, 0.29) is 5.56 Å². The van der Waals surface area contributed by atoms with Gasteiger partial charge in [0.25, 0.3) is 0 Å². The number of benzene rings is 1. The molecule has 0 saturated heterocycles. The molecule has 22 heavy (non-hydrogen) atoms. The Morgan fingerprint density at radius 3 is 2.45 bits per heavy atom. The standard InChI is InChI=1S/C15H19F2N3O2/c1-9(11-5-4-10(16)8-12(11)17)19-14(22)20-15(13(18)21)6-2-3-7-15/h4-5,8-9H,2-3,6-7H2,1H3,(H2,18,21)(H2,19,20,22)/t9-/m1/s1. The normalized spacial score (nSPS) is 17.8. The van der Waals surface area contributed by atoms with Crippen LogP contribution in [-0.2, 0) is 4.79 Å². The van der Waals surface area contributed by atoms with E-state index < -0.39 is 35.2 Å². The Morgan fingerprint density at radius 1 is 1.27 bits per heavy atom. The molecule has 1 fully saturated rings. The minimum atomic E-state index is -1.04. The van der Waals surface area contributed by atoms with E-state index in [0.29, 0.717) is 12.8 Å². The third kappa shape index (κ3) is 3.35. The second-order valence-electron chi connectivity index (χ2n) is 5.64. The quantitative estimate of drug-likeness (QED) is 0.796. The van der Waals surface area contributed by atoms with E-state index in [1.165, 1.54) is 6.07 Å². The number of nitrogens with one attached hydrogen (secondary N) is 2. The lowest BCUT2D eigenvalue weighted by Gasteiger charge is -2.27. The molecular formula is C15H19F2N3O2. The summed E-state index contributed by atoms with van der Waals surface area (Å²) in [5, 5.41) is 5.14. The first-order chi connectivity index (χ1) is 10.3. The van der Waals surface area contributed by atoms with Crippen molar-refractivity contribution < 1.29 is 18.4 Å². The third-order valence-electron chi connectivity index (χ3n) is 4.06. The maximum Gasteiger partial charge on any atom is 0.316 e. The van der Waals surface area contributed by atoms with Gasteiger partial charge < -0.3 is 16.4 Å². The highest BCUT2D eigenvalue weighted by Gasteiger charge is 2.41. The van der Waals surface area contributed by atoms with Crippen LogP contribution in [0.3, 0.4) is 0 Å². The van der Waals surface area contributed by atoms with Gasteiger partial charge in [0.05, 0.1) is 6.04 Å². The number of primary amides is 1. The van der Waals surface area contributed by atoms with Crippen LogP contribution in [0.5, 0.6) is 0 Å². The van der Waals surface area contributed by atoms with Crippen LogP contribution in [0.4, 0.5) is 13.6 Å². The third-order valence-corrected chi connectivity index (χ3v) is 4.06. The van der Waals surface area contributed by atoms with Crippen molar-refractivity contribution in [2.24, 2.45) is 5.73 Å². The Hall–Kier alpha value is -2.18. The van der Waals surface area contributed by atoms with E-state index in [4.69, 9.17) is 5.73 Å². The molecule has 3 amide bonds. The average molecular weight is 311 g/mol. The van der Waals surface area contributed by atoms with E-state index in [1.54, 1.807) is 6.92 Å². The van der Waals surface area contributed by atoms with Gasteiger partial charge in [-0.15, -0.1) is 0 Å². The molecule has 1 aliphatic carbocycles. The fraction of sp³-hybridized carbons (Fsp3) is 0.467. The number of rotatable bonds is 4. The van der Waals surface area contributed by atoms with Gasteiger partial charge in [-0.1, -0.05) is 18.9 Å². The minimum Gasteiger partial charge on any atom is -0.368 e. The van der Waals surface area contributed by atoms with Crippen molar-refractivity contribution in [1.29, 1.82) is 0 Å². The highest BCUT2D eigenvalue weighted by Crippen LogP contribution is 2.29. The summed E-state index contributed by atoms with van der Waals surface area (Å²) in [6, 6.07) is 1.88. The second kappa shape index (κ2) is 6.29. The zero-order chi connectivity index (χ0) is 16.3. The molecule has 5 nitrogen and oxygen atoms in total. The van der Waals surface area contributed by atoms with Gasteiger partial charge in [0.2, 0.25) is 5.91 Å². The SMILES string of the molecule is C[C@@H](NC(=O)NC1(C(N)=O)CCCC1)c1ccc(F)cc1F. The molecule has 0 spiro atoms. The monoisotopic (exact) mass is 311 g/mol. The predicted molar refractivity (Wildman–Crippen MR) is 76.8 cm³/mol. The zero-order valence-electron chi connectivity index (χ0n) is 12.3. The molecule has 0 unspecified atom stereocenters. The molecule has 1 aliphatic rings. The van der Waals surface area contributed by atoms with Gasteiger partial charge in [0.15, 0.2) is 0 Å². The van der Waals surface area contributed by atoms with Gasteiger partial charge in [-0.05, 0) is 25.8 Å². The molecule has 0 aliphatic heterocycles. The Labute approximate surface area is 127 Å². The molecule has 7 heteroatoms. The van der Waals surface area contributed by atoms with Crippen LogP contribution < -0.4 is 16.4 Å². The molecule has 0 radical (unpaired) electrons. The fourth-order valence-corrected chi connectivity index (χ4v) is 2.79. The number of amides is 3. The topological polar surface area (TPSA) is 84.2 Å². The van der Waals surface area contributed by atoms with Gasteiger partial charge in [-0.3, -0.25) is 4.79 Å². The molecule has 2 rings (SSSR count). The summed E-state index contributed by atoms with van der Waals surface area (Å²) in [5.41, 5.74) is 4.51. The number of hydrogen-bond acceptors (Lipinski definition) is 2. The number of halogens is 2. The molecule has 0 aromatic heterocycles. The lowest BCUT2D eigenvalue weighted by molar-refractivity contribution is -0.123. The lowest BCUT2D eigenvalue weighted by Crippen LogP contribution is -2.58. The molecule has 0 bridgehead atoms. The number of urea groups is 1. The van der Waals surface area contributed by atoms with Gasteiger partial charge >= 0.3 is 6.03 Å². The van der Waals surface area contributed by atoms with E-state index in [9.17, 15) is 18.4 Å². The van der Waals surface area contributed by atoms with Crippen molar-refractivity contribution in [3.8, 4) is 0 Å². The van der Waals surface area contributed by atoms with Gasteiger partial charge in [0, 0.05) is 11.6 Å². The average Bonchev–Trinajstić information content (AvgIpc) is 2.88. The van der Waals surface area contributed by atoms with Crippen LogP contribution in [0.25, 0.3) is 0 Å². The molecule has 1 aromatic carbocycles. The Bertz CT molecular complexity index is 586. The molecule has 120 valence electrons. The van der Waals surface area contributed by atoms with Crippen LogP contribution in [0, 0.1) is 11.6 Å². The first-order valence-electron chi connectivity index (χ1n) is 7.17. The molecular weight excluding hydrogens is 292 g/mol. The lowest BCUT2D eigenvalue weighted by atomic mass is 9.97. The largest absolute Gasteiger partial charge is 0.368 e. The second-order valence-corrected chi connectivity index (χ2v) is 5.64. The van der Waals surface area contributed by atoms with Crippen molar-refractivity contribution in [3.63, 3.8) is 0 Å². The highest BCUT2D eigenvalue weighted by molar-refractivity contribution is 5.90. The van der Waals surface area contributed by atoms with Gasteiger partial charge in [0.1, 0.15) is 17.2 Å². The summed E-state index contributed by atoms with van der Waals surface area (Å²) < 4.78 is 26.6. The molecule has 1 atom stereocenters. The highest BCUT2D eigenvalue weighted by atomic mass is 19.1. The van der Waals surface area contributed by atoms with Crippen LogP contribution in [-0.4, -0.2) is 17.5 Å². The van der Waals surface area contributed by atoms with Crippen molar-refractivity contribution in [2.45, 2.75) is 44.2 Å². The molecule has 4 N–H and O–H groups in total. The van der Waals surface area contributed by atoms with E-state index in [2.05, 4.69) is 10.6 Å². The Kier molecular flexibility index (Phi) is 4.63. The van der Waals surface area contributed by atoms with Crippen molar-refractivity contribution >= 4 is 11.9 Å². The predicted octanol–water partition coefficient (Wildman–Crippen LogP) is 2.12. The van der Waals surface area contributed by atoms with Crippen molar-refractivity contribution in [2.75, 3.05) is 0 Å². The van der Waals surface area contributed by atoms with E-state index in [0.717, 1.165) is 25.0 Å². The van der Waals surface area contributed by atoms with E-state index >= 15 is 0 Å². The van der Waals surface area contributed by atoms with Gasteiger partial charge in [-0.25, -0.2) is 13.6 Å². The molecule has 1 aromatic rings. The first kappa shape index (κ1) is 16.2. The first-order valence-corrected chi connectivity index (χ1v) is 7.17. The summed E-state index contributed by atoms with van der Waals surface area (Å²) in [6.45, 7) is 1.57. The maximum absolute atomic E-state index is 13.7. The van der Waals surface area contributed by atoms with Crippen LogP contribution in [0.2, 0.25) is 0 Å². The van der Waals surface area contributed by atoms with E-state index in [1.807, 2.05) is 0 Å². The number of nitrogens with two attached hydrogens (primary N) is 1. The summed E-state index contributed by atoms with van der Waals surface area (Å²) in [5.74, 6) is -1.99. The minimum absolute atomic E-state index is 0.163. The summed E-state index contributed by atoms with van der Waals surface area (Å²) in [7, 11) is 0. The Morgan fingerprint density at radius 2 is 1.91 bits per heavy atom. The number of hydrogen-bond donors (Lipinski definition) is 3. The van der Waals surface area contributed by atoms with Crippen molar-refractivity contribution in [1.82, 2.24) is 10.6 Å². The molecule has 0 heterocycles. The van der Waals surface area contributed by atoms with Crippen LogP contribution >= 0.6 is 0 Å². The fourth-order valence-electron chi connectivity index (χ4n) is 2.79. The van der Waals surface area contributed by atoms with Gasteiger partial charge in [-0.2, -0.15) is 0 Å². The summed E-state index contributed by atoms with van der Waals surface area (Å²) in [6.07, 6.45) is 2.61. The Balaban J connectivity index is 2.03. The zero-order valence-corrected chi connectivity index (χ0v) is 12.3. The number of carbonyl (C=O) groups is 2. The maximum atomic E-state index is 13.7. The molecule has 1 saturated carbocycles. The number of carbonyl (C=O) groups excluding carboxylic acids is 2. The van der Waals surface area contributed by atoms with Crippen LogP contribution in [0.15, 0.2) is 18.2 Å². The summed E-state index contributed by atoms with van der Waals surface area (Å²) >= 11 is 0.